The Hall–Kier alpha value is -1.04. The molecule has 11 heteroatoms. The zero-order chi connectivity index (χ0) is 20.2. The number of hydrogen-bond donors (Lipinski definition) is 0. The van der Waals surface area contributed by atoms with E-state index in [4.69, 9.17) is 8.85 Å². The summed E-state index contributed by atoms with van der Waals surface area (Å²) in [6, 6.07) is 6.60. The van der Waals surface area contributed by atoms with E-state index >= 15 is 0 Å². The minimum Gasteiger partial charge on any atom is -0.398 e. The molecule has 0 saturated heterocycles. The first kappa shape index (κ1) is 23.0. The van der Waals surface area contributed by atoms with E-state index in [-0.39, 0.29) is 5.56 Å². The fourth-order valence-corrected chi connectivity index (χ4v) is 5.30. The van der Waals surface area contributed by atoms with E-state index < -0.39 is 48.4 Å². The Labute approximate surface area is 150 Å². The summed E-state index contributed by atoms with van der Waals surface area (Å²) < 4.78 is 97.3. The van der Waals surface area contributed by atoms with Gasteiger partial charge in [-0.05, 0) is 17.7 Å². The topological polar surface area (TPSA) is 52.6 Å². The lowest BCUT2D eigenvalue weighted by Gasteiger charge is -2.22. The zero-order valence-electron chi connectivity index (χ0n) is 14.6. The lowest BCUT2D eigenvalue weighted by atomic mass is 10.2. The van der Waals surface area contributed by atoms with Gasteiger partial charge in [-0.3, -0.25) is 0 Å². The second-order valence-corrected chi connectivity index (χ2v) is 11.7. The Bertz CT molecular complexity index is 685. The van der Waals surface area contributed by atoms with Crippen molar-refractivity contribution in [2.24, 2.45) is 0 Å². The van der Waals surface area contributed by atoms with Crippen LogP contribution in [0.3, 0.4) is 0 Å². The molecular formula is C15H21F5O4SSi. The summed E-state index contributed by atoms with van der Waals surface area (Å²) in [4.78, 5) is 0. The maximum Gasteiger partial charge on any atom is 0.394 e. The molecule has 0 aliphatic rings. The molecule has 0 saturated carbocycles. The zero-order valence-corrected chi connectivity index (χ0v) is 16.4. The highest BCUT2D eigenvalue weighted by Gasteiger charge is 2.46. The van der Waals surface area contributed by atoms with Gasteiger partial charge in [0.15, 0.2) is 9.84 Å². The Morgan fingerprint density at radius 1 is 0.962 bits per heavy atom. The van der Waals surface area contributed by atoms with Crippen molar-refractivity contribution >= 4 is 18.4 Å². The highest BCUT2D eigenvalue weighted by atomic mass is 32.2. The largest absolute Gasteiger partial charge is 0.398 e. The quantitative estimate of drug-likeness (QED) is 0.452. The highest BCUT2D eigenvalue weighted by molar-refractivity contribution is 7.90. The number of hydrogen-bond acceptors (Lipinski definition) is 4. The summed E-state index contributed by atoms with van der Waals surface area (Å²) in [5.74, 6) is -6.97. The molecule has 0 spiro atoms. The molecule has 0 aliphatic carbocycles. The predicted molar refractivity (Wildman–Crippen MR) is 88.9 cm³/mol. The third-order valence-corrected chi connectivity index (χ3v) is 8.10. The second kappa shape index (κ2) is 8.32. The van der Waals surface area contributed by atoms with Crippen molar-refractivity contribution in [3.8, 4) is 0 Å². The summed E-state index contributed by atoms with van der Waals surface area (Å²) in [5.41, 5.74) is 1.03. The van der Waals surface area contributed by atoms with E-state index in [1.807, 2.05) is 6.55 Å². The van der Waals surface area contributed by atoms with Gasteiger partial charge in [-0.1, -0.05) is 24.3 Å². The molecule has 150 valence electrons. The summed E-state index contributed by atoms with van der Waals surface area (Å²) in [7, 11) is -3.74. The van der Waals surface area contributed by atoms with E-state index in [2.05, 4.69) is 0 Å². The molecule has 0 atom stereocenters. The van der Waals surface area contributed by atoms with E-state index in [9.17, 15) is 30.4 Å². The van der Waals surface area contributed by atoms with Crippen LogP contribution in [0.25, 0.3) is 0 Å². The van der Waals surface area contributed by atoms with E-state index in [1.165, 1.54) is 26.4 Å². The third kappa shape index (κ3) is 8.10. The third-order valence-electron chi connectivity index (χ3n) is 3.69. The monoisotopic (exact) mass is 420 g/mol. The van der Waals surface area contributed by atoms with Crippen LogP contribution in [0.2, 0.25) is 6.55 Å². The normalized spacial score (nSPS) is 13.8. The molecule has 1 aromatic rings. The molecule has 0 aliphatic heterocycles. The highest BCUT2D eigenvalue weighted by Crippen LogP contribution is 2.33. The van der Waals surface area contributed by atoms with E-state index in [0.29, 0.717) is 6.04 Å². The van der Waals surface area contributed by atoms with Gasteiger partial charge < -0.3 is 8.85 Å². The molecule has 26 heavy (non-hydrogen) atoms. The molecule has 4 nitrogen and oxygen atoms in total. The minimum absolute atomic E-state index is 0.217. The predicted octanol–water partition coefficient (Wildman–Crippen LogP) is 3.64. The SMILES string of the molecule is CO[Si](C)(Cc1ccc(CS(=O)(=O)CC(F)(F)CC(F)(F)F)cc1)OC. The van der Waals surface area contributed by atoms with Crippen LogP contribution in [-0.4, -0.2) is 49.0 Å². The van der Waals surface area contributed by atoms with Gasteiger partial charge in [-0.25, -0.2) is 17.2 Å². The van der Waals surface area contributed by atoms with Gasteiger partial charge in [-0.2, -0.15) is 13.2 Å². The molecular weight excluding hydrogens is 399 g/mol. The van der Waals surface area contributed by atoms with Crippen LogP contribution in [0, 0.1) is 0 Å². The van der Waals surface area contributed by atoms with Crippen molar-refractivity contribution in [2.45, 2.75) is 36.9 Å². The standard InChI is InChI=1S/C15H21F5O4SSi/c1-23-26(3,24-2)9-13-6-4-12(5-7-13)8-25(21,22)11-14(16,17)10-15(18,19)20/h4-7H,8-11H2,1-3H3. The Balaban J connectivity index is 2.79. The van der Waals surface area contributed by atoms with Crippen molar-refractivity contribution in [1.29, 1.82) is 0 Å². The Morgan fingerprint density at radius 3 is 1.85 bits per heavy atom. The smallest absolute Gasteiger partial charge is 0.394 e. The average molecular weight is 420 g/mol. The molecule has 0 amide bonds. The summed E-state index contributed by atoms with van der Waals surface area (Å²) in [5, 5.41) is 0. The number of halogens is 5. The molecule has 1 rings (SSSR count). The molecule has 0 heterocycles. The van der Waals surface area contributed by atoms with E-state index in [0.717, 1.165) is 5.56 Å². The average Bonchev–Trinajstić information content (AvgIpc) is 2.45. The summed E-state index contributed by atoms with van der Waals surface area (Å²) >= 11 is 0. The van der Waals surface area contributed by atoms with Crippen LogP contribution in [0.1, 0.15) is 17.5 Å². The van der Waals surface area contributed by atoms with Gasteiger partial charge >= 0.3 is 14.7 Å². The minimum atomic E-state index is -5.14. The Kier molecular flexibility index (Phi) is 7.36. The van der Waals surface area contributed by atoms with Crippen molar-refractivity contribution in [2.75, 3.05) is 20.0 Å². The first-order valence-electron chi connectivity index (χ1n) is 7.52. The van der Waals surface area contributed by atoms with Gasteiger partial charge in [0.05, 0.1) is 5.75 Å². The van der Waals surface area contributed by atoms with Gasteiger partial charge in [-0.15, -0.1) is 0 Å². The molecule has 0 N–H and O–H groups in total. The molecule has 0 aromatic heterocycles. The van der Waals surface area contributed by atoms with Crippen molar-refractivity contribution < 1.29 is 39.2 Å². The summed E-state index contributed by atoms with van der Waals surface area (Å²) in [6.07, 6.45) is -7.60. The molecule has 1 aromatic carbocycles. The Morgan fingerprint density at radius 2 is 1.42 bits per heavy atom. The van der Waals surface area contributed by atoms with Crippen LogP contribution in [0.15, 0.2) is 24.3 Å². The first-order chi connectivity index (χ1) is 11.7. The van der Waals surface area contributed by atoms with Crippen LogP contribution in [0.4, 0.5) is 22.0 Å². The van der Waals surface area contributed by atoms with Crippen LogP contribution >= 0.6 is 0 Å². The first-order valence-corrected chi connectivity index (χ1v) is 11.9. The molecule has 0 bridgehead atoms. The number of benzene rings is 1. The molecule has 0 fully saturated rings. The maximum atomic E-state index is 13.3. The van der Waals surface area contributed by atoms with Gasteiger partial charge in [0, 0.05) is 20.3 Å². The van der Waals surface area contributed by atoms with Gasteiger partial charge in [0.2, 0.25) is 0 Å². The number of alkyl halides is 5. The number of rotatable bonds is 9. The second-order valence-electron chi connectivity index (χ2n) is 6.22. The fraction of sp³-hybridized carbons (Fsp3) is 0.600. The van der Waals surface area contributed by atoms with Crippen LogP contribution in [0.5, 0.6) is 0 Å². The maximum absolute atomic E-state index is 13.3. The van der Waals surface area contributed by atoms with Crippen molar-refractivity contribution in [3.05, 3.63) is 35.4 Å². The number of sulfone groups is 1. The van der Waals surface area contributed by atoms with Crippen LogP contribution < -0.4 is 0 Å². The molecule has 0 radical (unpaired) electrons. The molecule has 0 unspecified atom stereocenters. The van der Waals surface area contributed by atoms with Gasteiger partial charge in [0.1, 0.15) is 12.2 Å². The lowest BCUT2D eigenvalue weighted by molar-refractivity contribution is -0.181. The van der Waals surface area contributed by atoms with Crippen LogP contribution in [-0.2, 0) is 30.5 Å². The summed E-state index contributed by atoms with van der Waals surface area (Å²) in [6.45, 7) is 1.84. The fourth-order valence-electron chi connectivity index (χ4n) is 2.32. The van der Waals surface area contributed by atoms with Crippen molar-refractivity contribution in [1.82, 2.24) is 0 Å². The van der Waals surface area contributed by atoms with E-state index in [1.54, 1.807) is 12.1 Å². The van der Waals surface area contributed by atoms with Gasteiger partial charge in [0.25, 0.3) is 5.92 Å². The van der Waals surface area contributed by atoms with Crippen molar-refractivity contribution in [3.63, 3.8) is 0 Å². The lowest BCUT2D eigenvalue weighted by Crippen LogP contribution is -2.39.